The average Bonchev–Trinajstić information content (AvgIpc) is 3.32. The van der Waals surface area contributed by atoms with Gasteiger partial charge < -0.3 is 10.3 Å². The predicted molar refractivity (Wildman–Crippen MR) is 131 cm³/mol. The summed E-state index contributed by atoms with van der Waals surface area (Å²) in [7, 11) is 0. The SMILES string of the molecule is O=C(CCc1cccnc1)NCCc1cnc(CCC(c2ccccc2)c2ccccc2)[nH]1. The summed E-state index contributed by atoms with van der Waals surface area (Å²) in [5.74, 6) is 1.39. The van der Waals surface area contributed by atoms with Gasteiger partial charge in [0.1, 0.15) is 5.82 Å². The second-order valence-corrected chi connectivity index (χ2v) is 8.23. The van der Waals surface area contributed by atoms with Crippen molar-refractivity contribution in [2.75, 3.05) is 6.54 Å². The molecule has 0 aliphatic rings. The summed E-state index contributed by atoms with van der Waals surface area (Å²) in [4.78, 5) is 24.2. The molecule has 0 fully saturated rings. The van der Waals surface area contributed by atoms with Crippen LogP contribution in [0.5, 0.6) is 0 Å². The van der Waals surface area contributed by atoms with Crippen molar-refractivity contribution in [1.29, 1.82) is 0 Å². The first-order valence-electron chi connectivity index (χ1n) is 11.6. The quantitative estimate of drug-likeness (QED) is 0.351. The Bertz CT molecular complexity index is 1070. The van der Waals surface area contributed by atoms with Crippen LogP contribution in [0.2, 0.25) is 0 Å². The summed E-state index contributed by atoms with van der Waals surface area (Å²) in [5.41, 5.74) is 4.78. The summed E-state index contributed by atoms with van der Waals surface area (Å²) in [5, 5.41) is 3.00. The maximum Gasteiger partial charge on any atom is 0.220 e. The molecule has 2 N–H and O–H groups in total. The Hall–Kier alpha value is -3.73. The number of aromatic nitrogens is 3. The molecule has 2 aromatic carbocycles. The summed E-state index contributed by atoms with van der Waals surface area (Å²) in [6.07, 6.45) is 9.20. The van der Waals surface area contributed by atoms with E-state index in [0.717, 1.165) is 36.3 Å². The van der Waals surface area contributed by atoms with Crippen molar-refractivity contribution >= 4 is 5.91 Å². The normalized spacial score (nSPS) is 10.9. The number of pyridine rings is 1. The molecule has 4 aromatic rings. The number of nitrogens with one attached hydrogen (secondary N) is 2. The molecule has 2 aromatic heterocycles. The number of amides is 1. The highest BCUT2D eigenvalue weighted by Crippen LogP contribution is 2.28. The van der Waals surface area contributed by atoms with Gasteiger partial charge in [0.15, 0.2) is 0 Å². The topological polar surface area (TPSA) is 70.7 Å². The van der Waals surface area contributed by atoms with Crippen LogP contribution in [0, 0.1) is 0 Å². The average molecular weight is 439 g/mol. The van der Waals surface area contributed by atoms with Gasteiger partial charge in [-0.2, -0.15) is 0 Å². The molecule has 5 heteroatoms. The van der Waals surface area contributed by atoms with E-state index in [0.29, 0.717) is 25.3 Å². The molecule has 2 heterocycles. The zero-order valence-electron chi connectivity index (χ0n) is 18.8. The van der Waals surface area contributed by atoms with Gasteiger partial charge in [-0.15, -0.1) is 0 Å². The van der Waals surface area contributed by atoms with E-state index in [4.69, 9.17) is 0 Å². The van der Waals surface area contributed by atoms with Crippen molar-refractivity contribution in [3.63, 3.8) is 0 Å². The van der Waals surface area contributed by atoms with E-state index in [1.807, 2.05) is 18.3 Å². The number of aryl methyl sites for hydroxylation is 2. The number of benzene rings is 2. The van der Waals surface area contributed by atoms with Crippen molar-refractivity contribution in [3.8, 4) is 0 Å². The maximum absolute atomic E-state index is 12.1. The Labute approximate surface area is 195 Å². The van der Waals surface area contributed by atoms with E-state index in [9.17, 15) is 4.79 Å². The van der Waals surface area contributed by atoms with Crippen LogP contribution in [-0.4, -0.2) is 27.4 Å². The van der Waals surface area contributed by atoms with Crippen LogP contribution in [0.15, 0.2) is 91.4 Å². The number of H-pyrrole nitrogens is 1. The van der Waals surface area contributed by atoms with Crippen LogP contribution in [0.4, 0.5) is 0 Å². The fraction of sp³-hybridized carbons (Fsp3) is 0.250. The third-order valence-corrected chi connectivity index (χ3v) is 5.83. The fourth-order valence-electron chi connectivity index (χ4n) is 4.07. The molecule has 33 heavy (non-hydrogen) atoms. The Morgan fingerprint density at radius 1 is 0.848 bits per heavy atom. The minimum atomic E-state index is 0.0622. The molecule has 0 bridgehead atoms. The lowest BCUT2D eigenvalue weighted by Crippen LogP contribution is -2.25. The van der Waals surface area contributed by atoms with Crippen molar-refractivity contribution in [2.45, 2.75) is 38.0 Å². The van der Waals surface area contributed by atoms with Crippen molar-refractivity contribution in [1.82, 2.24) is 20.3 Å². The van der Waals surface area contributed by atoms with Gasteiger partial charge in [0.05, 0.1) is 0 Å². The van der Waals surface area contributed by atoms with Gasteiger partial charge in [-0.1, -0.05) is 66.7 Å². The Kier molecular flexibility index (Phi) is 8.01. The van der Waals surface area contributed by atoms with Crippen molar-refractivity contribution in [2.24, 2.45) is 0 Å². The molecule has 168 valence electrons. The van der Waals surface area contributed by atoms with Crippen LogP contribution < -0.4 is 5.32 Å². The van der Waals surface area contributed by atoms with Crippen LogP contribution in [0.1, 0.15) is 47.0 Å². The van der Waals surface area contributed by atoms with Crippen LogP contribution in [0.25, 0.3) is 0 Å². The minimum absolute atomic E-state index is 0.0622. The van der Waals surface area contributed by atoms with Gasteiger partial charge >= 0.3 is 0 Å². The molecule has 0 radical (unpaired) electrons. The number of rotatable bonds is 11. The van der Waals surface area contributed by atoms with Crippen molar-refractivity contribution in [3.05, 3.63) is 120 Å². The van der Waals surface area contributed by atoms with E-state index >= 15 is 0 Å². The number of aromatic amines is 1. The highest BCUT2D eigenvalue weighted by molar-refractivity contribution is 5.76. The predicted octanol–water partition coefficient (Wildman–Crippen LogP) is 4.86. The second kappa shape index (κ2) is 11.8. The second-order valence-electron chi connectivity index (χ2n) is 8.23. The summed E-state index contributed by atoms with van der Waals surface area (Å²) in [6.45, 7) is 0.601. The number of imidazole rings is 1. The third kappa shape index (κ3) is 6.88. The molecule has 0 spiro atoms. The van der Waals surface area contributed by atoms with E-state index < -0.39 is 0 Å². The van der Waals surface area contributed by atoms with Gasteiger partial charge in [0.2, 0.25) is 5.91 Å². The lowest BCUT2D eigenvalue weighted by molar-refractivity contribution is -0.121. The molecule has 1 amide bonds. The minimum Gasteiger partial charge on any atom is -0.356 e. The maximum atomic E-state index is 12.1. The van der Waals surface area contributed by atoms with E-state index in [-0.39, 0.29) is 5.91 Å². The molecule has 0 aliphatic heterocycles. The van der Waals surface area contributed by atoms with E-state index in [1.165, 1.54) is 11.1 Å². The molecule has 0 unspecified atom stereocenters. The van der Waals surface area contributed by atoms with Gasteiger partial charge in [-0.3, -0.25) is 9.78 Å². The number of hydrogen-bond donors (Lipinski definition) is 2. The lowest BCUT2D eigenvalue weighted by Gasteiger charge is -2.17. The van der Waals surface area contributed by atoms with Gasteiger partial charge in [0.25, 0.3) is 0 Å². The number of carbonyl (C=O) groups is 1. The van der Waals surface area contributed by atoms with Crippen LogP contribution in [0.3, 0.4) is 0 Å². The smallest absolute Gasteiger partial charge is 0.220 e. The van der Waals surface area contributed by atoms with Crippen molar-refractivity contribution < 1.29 is 4.79 Å². The largest absolute Gasteiger partial charge is 0.356 e. The molecular weight excluding hydrogens is 408 g/mol. The Morgan fingerprint density at radius 2 is 1.58 bits per heavy atom. The zero-order valence-corrected chi connectivity index (χ0v) is 18.8. The number of hydrogen-bond acceptors (Lipinski definition) is 3. The first-order chi connectivity index (χ1) is 16.3. The van der Waals surface area contributed by atoms with E-state index in [2.05, 4.69) is 80.9 Å². The zero-order chi connectivity index (χ0) is 22.7. The lowest BCUT2D eigenvalue weighted by atomic mass is 9.87. The molecule has 5 nitrogen and oxygen atoms in total. The first kappa shape index (κ1) is 22.5. The van der Waals surface area contributed by atoms with Gasteiger partial charge in [0, 0.05) is 56.0 Å². The monoisotopic (exact) mass is 438 g/mol. The standard InChI is InChI=1S/C28H30N4O/c33-28(16-13-22-8-7-18-29-20-22)30-19-17-25-21-31-27(32-25)15-14-26(23-9-3-1-4-10-23)24-11-5-2-6-12-24/h1-12,18,20-21,26H,13-17,19H2,(H,30,33)(H,31,32). The molecule has 0 saturated heterocycles. The fourth-order valence-corrected chi connectivity index (χ4v) is 4.07. The number of carbonyl (C=O) groups excluding carboxylic acids is 1. The summed E-state index contributed by atoms with van der Waals surface area (Å²) in [6, 6.07) is 25.2. The molecular formula is C28H30N4O. The Balaban J connectivity index is 1.25. The molecule has 4 rings (SSSR count). The van der Waals surface area contributed by atoms with E-state index in [1.54, 1.807) is 12.4 Å². The highest BCUT2D eigenvalue weighted by atomic mass is 16.1. The Morgan fingerprint density at radius 3 is 2.24 bits per heavy atom. The summed E-state index contributed by atoms with van der Waals surface area (Å²) < 4.78 is 0. The van der Waals surface area contributed by atoms with Gasteiger partial charge in [-0.05, 0) is 35.6 Å². The highest BCUT2D eigenvalue weighted by Gasteiger charge is 2.15. The molecule has 0 atom stereocenters. The summed E-state index contributed by atoms with van der Waals surface area (Å²) >= 11 is 0. The van der Waals surface area contributed by atoms with Crippen LogP contribution >= 0.6 is 0 Å². The third-order valence-electron chi connectivity index (χ3n) is 5.83. The molecule has 0 saturated carbocycles. The van der Waals surface area contributed by atoms with Gasteiger partial charge in [-0.25, -0.2) is 4.98 Å². The molecule has 0 aliphatic carbocycles. The van der Waals surface area contributed by atoms with Crippen LogP contribution in [-0.2, 0) is 24.1 Å². The number of nitrogens with zero attached hydrogens (tertiary/aromatic N) is 2. The first-order valence-corrected chi connectivity index (χ1v) is 11.6.